The van der Waals surface area contributed by atoms with Crippen LogP contribution in [0.4, 0.5) is 5.69 Å². The first-order chi connectivity index (χ1) is 10.4. The van der Waals surface area contributed by atoms with Crippen LogP contribution in [0.3, 0.4) is 0 Å². The molecule has 0 saturated heterocycles. The molecule has 1 atom stereocenters. The van der Waals surface area contributed by atoms with E-state index < -0.39 is 0 Å². The molecule has 0 aliphatic heterocycles. The summed E-state index contributed by atoms with van der Waals surface area (Å²) in [6.07, 6.45) is 4.88. The largest absolute Gasteiger partial charge is 0.377 e. The molecule has 2 aromatic heterocycles. The first-order valence-corrected chi connectivity index (χ1v) is 8.10. The molecule has 1 unspecified atom stereocenters. The van der Waals surface area contributed by atoms with E-state index in [9.17, 15) is 0 Å². The molecule has 0 amide bonds. The molecule has 3 nitrogen and oxygen atoms in total. The van der Waals surface area contributed by atoms with Gasteiger partial charge in [0.2, 0.25) is 0 Å². The standard InChI is InChI=1S/C17H19N3S/c1-2-15(17-9-5-12-21-17)19-16-8-4-3-7-14(16)13-20-11-6-10-18-20/h3-12,15,19H,2,13H2,1H3. The van der Waals surface area contributed by atoms with E-state index in [0.29, 0.717) is 6.04 Å². The molecule has 1 N–H and O–H groups in total. The number of benzene rings is 1. The van der Waals surface area contributed by atoms with E-state index in [1.807, 2.05) is 23.1 Å². The first kappa shape index (κ1) is 13.9. The fourth-order valence-corrected chi connectivity index (χ4v) is 3.28. The van der Waals surface area contributed by atoms with Gasteiger partial charge < -0.3 is 5.32 Å². The predicted molar refractivity (Wildman–Crippen MR) is 88.7 cm³/mol. The molecule has 1 aromatic carbocycles. The Morgan fingerprint density at radius 3 is 2.81 bits per heavy atom. The second kappa shape index (κ2) is 6.59. The average molecular weight is 297 g/mol. The highest BCUT2D eigenvalue weighted by Crippen LogP contribution is 2.28. The van der Waals surface area contributed by atoms with Crippen LogP contribution in [0.2, 0.25) is 0 Å². The van der Waals surface area contributed by atoms with Crippen LogP contribution in [0.25, 0.3) is 0 Å². The average Bonchev–Trinajstić information content (AvgIpc) is 3.19. The molecule has 108 valence electrons. The second-order valence-corrected chi connectivity index (χ2v) is 5.96. The molecular formula is C17H19N3S. The Kier molecular flexibility index (Phi) is 4.36. The van der Waals surface area contributed by atoms with Crippen LogP contribution in [-0.2, 0) is 6.54 Å². The van der Waals surface area contributed by atoms with Crippen molar-refractivity contribution >= 4 is 17.0 Å². The maximum absolute atomic E-state index is 4.29. The van der Waals surface area contributed by atoms with Crippen LogP contribution in [0.5, 0.6) is 0 Å². The van der Waals surface area contributed by atoms with Crippen LogP contribution < -0.4 is 5.32 Å². The molecular weight excluding hydrogens is 278 g/mol. The number of nitrogens with zero attached hydrogens (tertiary/aromatic N) is 2. The Morgan fingerprint density at radius 2 is 2.10 bits per heavy atom. The highest BCUT2D eigenvalue weighted by Gasteiger charge is 2.12. The topological polar surface area (TPSA) is 29.9 Å². The summed E-state index contributed by atoms with van der Waals surface area (Å²) in [7, 11) is 0. The monoisotopic (exact) mass is 297 g/mol. The van der Waals surface area contributed by atoms with Crippen molar-refractivity contribution in [1.29, 1.82) is 0 Å². The second-order valence-electron chi connectivity index (χ2n) is 4.98. The highest BCUT2D eigenvalue weighted by atomic mass is 32.1. The lowest BCUT2D eigenvalue weighted by Crippen LogP contribution is -2.11. The Morgan fingerprint density at radius 1 is 1.19 bits per heavy atom. The summed E-state index contributed by atoms with van der Waals surface area (Å²) in [5.74, 6) is 0. The zero-order valence-electron chi connectivity index (χ0n) is 12.1. The van der Waals surface area contributed by atoms with Gasteiger partial charge in [0.25, 0.3) is 0 Å². The summed E-state index contributed by atoms with van der Waals surface area (Å²) in [6, 6.07) is 15.1. The van der Waals surface area contributed by atoms with E-state index in [-0.39, 0.29) is 0 Å². The van der Waals surface area contributed by atoms with Crippen molar-refractivity contribution in [3.8, 4) is 0 Å². The number of para-hydroxylation sites is 1. The van der Waals surface area contributed by atoms with Gasteiger partial charge in [0.05, 0.1) is 12.6 Å². The minimum Gasteiger partial charge on any atom is -0.377 e. The van der Waals surface area contributed by atoms with Gasteiger partial charge in [-0.25, -0.2) is 0 Å². The Balaban J connectivity index is 1.81. The van der Waals surface area contributed by atoms with Crippen molar-refractivity contribution in [3.63, 3.8) is 0 Å². The zero-order valence-corrected chi connectivity index (χ0v) is 12.9. The molecule has 21 heavy (non-hydrogen) atoms. The van der Waals surface area contributed by atoms with Gasteiger partial charge in [-0.05, 0) is 35.6 Å². The van der Waals surface area contributed by atoms with Gasteiger partial charge in [-0.15, -0.1) is 11.3 Å². The molecule has 0 saturated carbocycles. The van der Waals surface area contributed by atoms with Gasteiger partial charge >= 0.3 is 0 Å². The molecule has 0 spiro atoms. The van der Waals surface area contributed by atoms with E-state index in [2.05, 4.69) is 59.1 Å². The first-order valence-electron chi connectivity index (χ1n) is 7.22. The molecule has 0 bridgehead atoms. The number of nitrogens with one attached hydrogen (secondary N) is 1. The van der Waals surface area contributed by atoms with Gasteiger partial charge in [-0.3, -0.25) is 4.68 Å². The van der Waals surface area contributed by atoms with Gasteiger partial charge in [0.15, 0.2) is 0 Å². The van der Waals surface area contributed by atoms with Crippen molar-refractivity contribution in [1.82, 2.24) is 9.78 Å². The Labute approximate surface area is 129 Å². The van der Waals surface area contributed by atoms with Crippen LogP contribution in [0, 0.1) is 0 Å². The molecule has 0 radical (unpaired) electrons. The van der Waals surface area contributed by atoms with E-state index in [0.717, 1.165) is 13.0 Å². The third kappa shape index (κ3) is 3.34. The number of thiophene rings is 1. The zero-order chi connectivity index (χ0) is 14.5. The molecule has 3 aromatic rings. The van der Waals surface area contributed by atoms with Gasteiger partial charge in [-0.1, -0.05) is 31.2 Å². The lowest BCUT2D eigenvalue weighted by atomic mass is 10.1. The van der Waals surface area contributed by atoms with Crippen LogP contribution in [0.15, 0.2) is 60.2 Å². The van der Waals surface area contributed by atoms with Crippen molar-refractivity contribution in [2.24, 2.45) is 0 Å². The van der Waals surface area contributed by atoms with Crippen molar-refractivity contribution in [3.05, 3.63) is 70.7 Å². The fraction of sp³-hybridized carbons (Fsp3) is 0.235. The van der Waals surface area contributed by atoms with Gasteiger partial charge in [-0.2, -0.15) is 5.10 Å². The molecule has 2 heterocycles. The lowest BCUT2D eigenvalue weighted by molar-refractivity contribution is 0.684. The van der Waals surface area contributed by atoms with Crippen molar-refractivity contribution in [2.45, 2.75) is 25.9 Å². The smallest absolute Gasteiger partial charge is 0.0679 e. The third-order valence-corrected chi connectivity index (χ3v) is 4.52. The third-order valence-electron chi connectivity index (χ3n) is 3.53. The van der Waals surface area contributed by atoms with Gasteiger partial charge in [0.1, 0.15) is 0 Å². The molecule has 0 fully saturated rings. The quantitative estimate of drug-likeness (QED) is 0.723. The Hall–Kier alpha value is -2.07. The van der Waals surface area contributed by atoms with Crippen LogP contribution in [0.1, 0.15) is 29.8 Å². The molecule has 0 aliphatic carbocycles. The number of hydrogen-bond acceptors (Lipinski definition) is 3. The number of aromatic nitrogens is 2. The maximum Gasteiger partial charge on any atom is 0.0679 e. The van der Waals surface area contributed by atoms with E-state index in [1.165, 1.54) is 16.1 Å². The van der Waals surface area contributed by atoms with Crippen molar-refractivity contribution < 1.29 is 0 Å². The minimum absolute atomic E-state index is 0.365. The highest BCUT2D eigenvalue weighted by molar-refractivity contribution is 7.10. The SMILES string of the molecule is CCC(Nc1ccccc1Cn1cccn1)c1cccs1. The number of anilines is 1. The maximum atomic E-state index is 4.29. The summed E-state index contributed by atoms with van der Waals surface area (Å²) in [5.41, 5.74) is 2.45. The summed E-state index contributed by atoms with van der Waals surface area (Å²) < 4.78 is 1.95. The lowest BCUT2D eigenvalue weighted by Gasteiger charge is -2.19. The number of rotatable bonds is 6. The Bertz CT molecular complexity index is 659. The van der Waals surface area contributed by atoms with Gasteiger partial charge in [0, 0.05) is 23.0 Å². The summed E-state index contributed by atoms with van der Waals surface area (Å²) >= 11 is 1.81. The number of hydrogen-bond donors (Lipinski definition) is 1. The summed E-state index contributed by atoms with van der Waals surface area (Å²) in [5, 5.41) is 10.1. The van der Waals surface area contributed by atoms with Crippen molar-refractivity contribution in [2.75, 3.05) is 5.32 Å². The van der Waals surface area contributed by atoms with Crippen LogP contribution in [-0.4, -0.2) is 9.78 Å². The minimum atomic E-state index is 0.365. The molecule has 0 aliphatic rings. The normalized spacial score (nSPS) is 12.2. The fourth-order valence-electron chi connectivity index (χ4n) is 2.42. The summed E-state index contributed by atoms with van der Waals surface area (Å²) in [6.45, 7) is 3.00. The van der Waals surface area contributed by atoms with E-state index in [4.69, 9.17) is 0 Å². The van der Waals surface area contributed by atoms with Crippen LogP contribution >= 0.6 is 11.3 Å². The molecule has 3 rings (SSSR count). The molecule has 4 heteroatoms. The summed E-state index contributed by atoms with van der Waals surface area (Å²) in [4.78, 5) is 1.38. The van der Waals surface area contributed by atoms with E-state index >= 15 is 0 Å². The van der Waals surface area contributed by atoms with E-state index in [1.54, 1.807) is 11.3 Å². The predicted octanol–water partition coefficient (Wildman–Crippen LogP) is 4.56.